The summed E-state index contributed by atoms with van der Waals surface area (Å²) in [6.45, 7) is 1.63. The largest absolute Gasteiger partial charge is 0.491 e. The lowest BCUT2D eigenvalue weighted by Gasteiger charge is -2.11. The summed E-state index contributed by atoms with van der Waals surface area (Å²) in [6.07, 6.45) is -0.694. The van der Waals surface area contributed by atoms with Crippen LogP contribution in [0.5, 0.6) is 5.75 Å². The summed E-state index contributed by atoms with van der Waals surface area (Å²) in [5.74, 6) is 0.640. The van der Waals surface area contributed by atoms with Crippen LogP contribution in [0, 0.1) is 5.82 Å². The summed E-state index contributed by atoms with van der Waals surface area (Å²) in [6, 6.07) is 12.9. The highest BCUT2D eigenvalue weighted by molar-refractivity contribution is 8.01. The Balaban J connectivity index is 1.43. The van der Waals surface area contributed by atoms with Crippen molar-refractivity contribution in [2.75, 3.05) is 17.7 Å². The van der Waals surface area contributed by atoms with E-state index in [4.69, 9.17) is 4.74 Å². The second-order valence-corrected chi connectivity index (χ2v) is 8.11. The third-order valence-electron chi connectivity index (χ3n) is 3.58. The molecule has 0 amide bonds. The minimum Gasteiger partial charge on any atom is -0.491 e. The Kier molecular flexibility index (Phi) is 6.96. The maximum absolute atomic E-state index is 13.2. The molecule has 9 heteroatoms. The number of benzene rings is 2. The van der Waals surface area contributed by atoms with Gasteiger partial charge in [-0.15, -0.1) is 10.2 Å². The van der Waals surface area contributed by atoms with Gasteiger partial charge in [-0.05, 0) is 49.4 Å². The molecular weight excluding hydrogens is 401 g/mol. The normalized spacial score (nSPS) is 11.8. The van der Waals surface area contributed by atoms with Gasteiger partial charge in [0.05, 0.1) is 6.10 Å². The van der Waals surface area contributed by atoms with Gasteiger partial charge >= 0.3 is 0 Å². The van der Waals surface area contributed by atoms with E-state index in [-0.39, 0.29) is 18.2 Å². The molecule has 28 heavy (non-hydrogen) atoms. The molecule has 3 aromatic rings. The Morgan fingerprint density at radius 1 is 1.29 bits per heavy atom. The second-order valence-electron chi connectivity index (χ2n) is 5.86. The molecule has 0 saturated heterocycles. The molecule has 0 spiro atoms. The van der Waals surface area contributed by atoms with Crippen molar-refractivity contribution in [2.45, 2.75) is 17.4 Å². The number of aliphatic hydroxyl groups is 1. The zero-order chi connectivity index (χ0) is 19.9. The first-order valence-electron chi connectivity index (χ1n) is 8.40. The zero-order valence-corrected chi connectivity index (χ0v) is 16.6. The van der Waals surface area contributed by atoms with Gasteiger partial charge in [-0.1, -0.05) is 29.2 Å². The Labute approximate surface area is 169 Å². The van der Waals surface area contributed by atoms with Crippen molar-refractivity contribution in [1.82, 2.24) is 10.2 Å². The number of carbonyl (C=O) groups is 1. The van der Waals surface area contributed by atoms with Crippen LogP contribution >= 0.6 is 23.1 Å². The number of rotatable bonds is 9. The van der Waals surface area contributed by atoms with Crippen LogP contribution in [0.2, 0.25) is 0 Å². The van der Waals surface area contributed by atoms with Crippen LogP contribution in [0.25, 0.3) is 0 Å². The number of ketones is 1. The van der Waals surface area contributed by atoms with Crippen molar-refractivity contribution in [3.05, 3.63) is 59.9 Å². The predicted molar refractivity (Wildman–Crippen MR) is 108 cm³/mol. The van der Waals surface area contributed by atoms with Gasteiger partial charge in [0.15, 0.2) is 10.1 Å². The molecule has 0 aliphatic rings. The maximum atomic E-state index is 13.2. The topological polar surface area (TPSA) is 84.3 Å². The van der Waals surface area contributed by atoms with E-state index < -0.39 is 6.10 Å². The molecule has 0 aliphatic heterocycles. The van der Waals surface area contributed by atoms with Crippen molar-refractivity contribution in [1.29, 1.82) is 0 Å². The Morgan fingerprint density at radius 3 is 2.79 bits per heavy atom. The van der Waals surface area contributed by atoms with Gasteiger partial charge in [0.2, 0.25) is 5.13 Å². The average Bonchev–Trinajstić information content (AvgIpc) is 3.12. The molecule has 1 heterocycles. The number of halogens is 1. The lowest BCUT2D eigenvalue weighted by atomic mass is 10.1. The van der Waals surface area contributed by atoms with Crippen molar-refractivity contribution in [3.63, 3.8) is 0 Å². The molecule has 6 nitrogen and oxygen atoms in total. The van der Waals surface area contributed by atoms with E-state index in [9.17, 15) is 14.3 Å². The summed E-state index contributed by atoms with van der Waals surface area (Å²) in [7, 11) is 0. The number of carbonyl (C=O) groups excluding carboxylic acids is 1. The summed E-state index contributed by atoms with van der Waals surface area (Å²) in [5.41, 5.74) is 1.21. The zero-order valence-electron chi connectivity index (χ0n) is 15.0. The molecule has 0 radical (unpaired) electrons. The highest BCUT2D eigenvalue weighted by atomic mass is 32.2. The predicted octanol–water partition coefficient (Wildman–Crippen LogP) is 4.16. The standard InChI is InChI=1S/C19H18FN3O3S2/c1-12(24)13-5-7-17(8-6-13)26-10-16(25)11-27-19-23-22-18(28-19)21-15-4-2-3-14(20)9-15/h2-9,16,25H,10-11H2,1H3,(H,21,22). The SMILES string of the molecule is CC(=O)c1ccc(OCC(O)CSc2nnc(Nc3cccc(F)c3)s2)cc1. The summed E-state index contributed by atoms with van der Waals surface area (Å²) in [4.78, 5) is 11.2. The number of Topliss-reactive ketones (excluding diaryl/α,β-unsaturated/α-hetero) is 1. The second kappa shape index (κ2) is 9.63. The summed E-state index contributed by atoms with van der Waals surface area (Å²) < 4.78 is 19.4. The Morgan fingerprint density at radius 2 is 2.07 bits per heavy atom. The molecule has 0 bridgehead atoms. The van der Waals surface area contributed by atoms with Gasteiger partial charge in [-0.2, -0.15) is 0 Å². The van der Waals surface area contributed by atoms with E-state index in [0.29, 0.717) is 32.2 Å². The smallest absolute Gasteiger partial charge is 0.210 e. The number of hydrogen-bond acceptors (Lipinski definition) is 8. The van der Waals surface area contributed by atoms with Crippen molar-refractivity contribution < 1.29 is 19.0 Å². The first-order valence-corrected chi connectivity index (χ1v) is 10.2. The maximum Gasteiger partial charge on any atom is 0.210 e. The minimum atomic E-state index is -0.694. The number of ether oxygens (including phenoxy) is 1. The quantitative estimate of drug-likeness (QED) is 0.398. The molecule has 2 N–H and O–H groups in total. The minimum absolute atomic E-state index is 0.00806. The molecule has 2 aromatic carbocycles. The monoisotopic (exact) mass is 419 g/mol. The van der Waals surface area contributed by atoms with E-state index in [2.05, 4.69) is 15.5 Å². The highest BCUT2D eigenvalue weighted by Crippen LogP contribution is 2.28. The van der Waals surface area contributed by atoms with Gasteiger partial charge in [-0.3, -0.25) is 4.79 Å². The fourth-order valence-corrected chi connectivity index (χ4v) is 3.91. The molecule has 1 aromatic heterocycles. The molecule has 3 rings (SSSR count). The third-order valence-corrected chi connectivity index (χ3v) is 5.70. The lowest BCUT2D eigenvalue weighted by molar-refractivity contribution is 0.101. The van der Waals surface area contributed by atoms with Crippen LogP contribution in [0.1, 0.15) is 17.3 Å². The highest BCUT2D eigenvalue weighted by Gasteiger charge is 2.11. The number of aromatic nitrogens is 2. The van der Waals surface area contributed by atoms with Crippen LogP contribution in [-0.4, -0.2) is 39.6 Å². The van der Waals surface area contributed by atoms with Gasteiger partial charge in [-0.25, -0.2) is 4.39 Å². The van der Waals surface area contributed by atoms with E-state index >= 15 is 0 Å². The van der Waals surface area contributed by atoms with Crippen LogP contribution in [0.15, 0.2) is 52.9 Å². The molecule has 0 fully saturated rings. The number of aliphatic hydroxyl groups excluding tert-OH is 1. The molecule has 1 unspecified atom stereocenters. The number of nitrogens with one attached hydrogen (secondary N) is 1. The number of thioether (sulfide) groups is 1. The van der Waals surface area contributed by atoms with Gasteiger partial charge in [0, 0.05) is 17.0 Å². The Hall–Kier alpha value is -2.49. The van der Waals surface area contributed by atoms with Crippen LogP contribution in [0.3, 0.4) is 0 Å². The van der Waals surface area contributed by atoms with Crippen molar-refractivity contribution in [3.8, 4) is 5.75 Å². The van der Waals surface area contributed by atoms with E-state index in [0.717, 1.165) is 0 Å². The molecule has 0 aliphatic carbocycles. The van der Waals surface area contributed by atoms with Gasteiger partial charge < -0.3 is 15.2 Å². The molecule has 146 valence electrons. The molecule has 1 atom stereocenters. The Bertz CT molecular complexity index is 934. The number of hydrogen-bond donors (Lipinski definition) is 2. The van der Waals surface area contributed by atoms with E-state index in [1.165, 1.54) is 42.2 Å². The van der Waals surface area contributed by atoms with Crippen LogP contribution in [-0.2, 0) is 0 Å². The summed E-state index contributed by atoms with van der Waals surface area (Å²) >= 11 is 2.68. The van der Waals surface area contributed by atoms with Crippen molar-refractivity contribution in [2.24, 2.45) is 0 Å². The molecule has 0 saturated carbocycles. The van der Waals surface area contributed by atoms with Gasteiger partial charge in [0.1, 0.15) is 18.2 Å². The van der Waals surface area contributed by atoms with Gasteiger partial charge in [0.25, 0.3) is 0 Å². The van der Waals surface area contributed by atoms with Crippen LogP contribution < -0.4 is 10.1 Å². The van der Waals surface area contributed by atoms with E-state index in [1.54, 1.807) is 36.4 Å². The number of nitrogens with zero attached hydrogens (tertiary/aromatic N) is 2. The lowest BCUT2D eigenvalue weighted by Crippen LogP contribution is -2.20. The fourth-order valence-electron chi connectivity index (χ4n) is 2.20. The third kappa shape index (κ3) is 6.01. The first kappa shape index (κ1) is 20.2. The van der Waals surface area contributed by atoms with Crippen LogP contribution in [0.4, 0.5) is 15.2 Å². The average molecular weight is 420 g/mol. The molecular formula is C19H18FN3O3S2. The van der Waals surface area contributed by atoms with E-state index in [1.807, 2.05) is 0 Å². The first-order chi connectivity index (χ1) is 13.5. The number of anilines is 2. The van der Waals surface area contributed by atoms with Crippen molar-refractivity contribution >= 4 is 39.7 Å². The fraction of sp³-hybridized carbons (Fsp3) is 0.211. The summed E-state index contributed by atoms with van der Waals surface area (Å²) in [5, 5.41) is 21.7.